The summed E-state index contributed by atoms with van der Waals surface area (Å²) in [6.45, 7) is 3.83. The highest BCUT2D eigenvalue weighted by Crippen LogP contribution is 2.22. The molecule has 1 aromatic carbocycles. The maximum Gasteiger partial charge on any atom is 0.246 e. The van der Waals surface area contributed by atoms with Gasteiger partial charge in [-0.1, -0.05) is 5.16 Å². The van der Waals surface area contributed by atoms with Crippen LogP contribution in [-0.4, -0.2) is 19.7 Å². The van der Waals surface area contributed by atoms with Crippen molar-refractivity contribution in [3.8, 4) is 0 Å². The maximum atomic E-state index is 13.6. The summed E-state index contributed by atoms with van der Waals surface area (Å²) in [6, 6.07) is 3.16. The van der Waals surface area contributed by atoms with Crippen LogP contribution in [0.4, 0.5) is 4.39 Å². The number of halogens is 2. The van der Waals surface area contributed by atoms with Gasteiger partial charge in [-0.15, -0.1) is 11.6 Å². The second-order valence-corrected chi connectivity index (χ2v) is 4.84. The summed E-state index contributed by atoms with van der Waals surface area (Å²) in [7, 11) is 0. The van der Waals surface area contributed by atoms with Gasteiger partial charge in [-0.05, 0) is 25.5 Å². The Hall–Kier alpha value is -1.95. The molecule has 0 aliphatic carbocycles. The molecule has 0 amide bonds. The van der Waals surface area contributed by atoms with Crippen molar-refractivity contribution >= 4 is 22.6 Å². The summed E-state index contributed by atoms with van der Waals surface area (Å²) in [6.07, 6.45) is 0. The normalized spacial score (nSPS) is 11.4. The average molecular weight is 295 g/mol. The van der Waals surface area contributed by atoms with Crippen molar-refractivity contribution in [2.45, 2.75) is 26.3 Å². The molecule has 7 heteroatoms. The van der Waals surface area contributed by atoms with Crippen LogP contribution in [0, 0.1) is 19.7 Å². The van der Waals surface area contributed by atoms with Crippen LogP contribution < -0.4 is 0 Å². The third-order valence-corrected chi connectivity index (χ3v) is 3.33. The Bertz CT molecular complexity index is 780. The number of nitrogens with zero attached hydrogens (tertiary/aromatic N) is 4. The molecule has 0 spiro atoms. The Morgan fingerprint density at radius 1 is 1.30 bits per heavy atom. The van der Waals surface area contributed by atoms with Gasteiger partial charge >= 0.3 is 0 Å². The summed E-state index contributed by atoms with van der Waals surface area (Å²) >= 11 is 5.91. The van der Waals surface area contributed by atoms with E-state index < -0.39 is 0 Å². The molecule has 20 heavy (non-hydrogen) atoms. The summed E-state index contributed by atoms with van der Waals surface area (Å²) in [5, 5.41) is 3.75. The van der Waals surface area contributed by atoms with Crippen LogP contribution in [0.5, 0.6) is 0 Å². The first-order valence-corrected chi connectivity index (χ1v) is 6.62. The lowest BCUT2D eigenvalue weighted by Crippen LogP contribution is -2.04. The van der Waals surface area contributed by atoms with E-state index in [2.05, 4.69) is 15.1 Å². The Morgan fingerprint density at radius 3 is 2.75 bits per heavy atom. The van der Waals surface area contributed by atoms with Crippen LogP contribution in [-0.2, 0) is 12.4 Å². The van der Waals surface area contributed by atoms with Crippen molar-refractivity contribution in [1.29, 1.82) is 0 Å². The fourth-order valence-corrected chi connectivity index (χ4v) is 2.32. The van der Waals surface area contributed by atoms with E-state index >= 15 is 0 Å². The van der Waals surface area contributed by atoms with Crippen LogP contribution in [0.25, 0.3) is 11.0 Å². The molecule has 104 valence electrons. The van der Waals surface area contributed by atoms with Crippen molar-refractivity contribution in [2.75, 3.05) is 0 Å². The molecule has 0 N–H and O–H groups in total. The molecular formula is C13H12ClFN4O. The first-order valence-electron chi connectivity index (χ1n) is 6.09. The number of hydrogen-bond donors (Lipinski definition) is 0. The lowest BCUT2D eigenvalue weighted by molar-refractivity contribution is 0.368. The Morgan fingerprint density at radius 2 is 2.10 bits per heavy atom. The smallest absolute Gasteiger partial charge is 0.246 e. The lowest BCUT2D eigenvalue weighted by atomic mass is 10.2. The van der Waals surface area contributed by atoms with Gasteiger partial charge in [0.25, 0.3) is 0 Å². The Labute approximate surface area is 119 Å². The molecular weight excluding hydrogens is 283 g/mol. The van der Waals surface area contributed by atoms with Crippen molar-refractivity contribution < 1.29 is 8.91 Å². The lowest BCUT2D eigenvalue weighted by Gasteiger charge is -2.04. The van der Waals surface area contributed by atoms with Crippen molar-refractivity contribution in [3.63, 3.8) is 0 Å². The Balaban J connectivity index is 2.14. The molecule has 0 saturated heterocycles. The minimum atomic E-state index is -0.281. The van der Waals surface area contributed by atoms with E-state index in [0.29, 0.717) is 35.2 Å². The third kappa shape index (κ3) is 2.16. The number of imidazole rings is 1. The molecule has 0 radical (unpaired) electrons. The van der Waals surface area contributed by atoms with Gasteiger partial charge in [-0.2, -0.15) is 4.98 Å². The van der Waals surface area contributed by atoms with Crippen LogP contribution in [0.15, 0.2) is 16.7 Å². The number of benzene rings is 1. The van der Waals surface area contributed by atoms with Gasteiger partial charge in [0.2, 0.25) is 5.89 Å². The molecule has 3 aromatic rings. The molecule has 2 aromatic heterocycles. The standard InChI is InChI=1S/C13H12ClFN4O/c1-7-3-11-10(4-9(7)15)17-12(5-14)19(11)6-13-16-8(2)18-20-13/h3-4H,5-6H2,1-2H3. The second-order valence-electron chi connectivity index (χ2n) is 4.57. The number of hydrogen-bond acceptors (Lipinski definition) is 4. The summed E-state index contributed by atoms with van der Waals surface area (Å²) in [5.41, 5.74) is 1.93. The molecule has 3 rings (SSSR count). The molecule has 0 aliphatic heterocycles. The molecule has 2 heterocycles. The van der Waals surface area contributed by atoms with E-state index in [1.165, 1.54) is 6.07 Å². The molecule has 0 saturated carbocycles. The van der Waals surface area contributed by atoms with Crippen molar-refractivity contribution in [1.82, 2.24) is 19.7 Å². The number of aryl methyl sites for hydroxylation is 2. The van der Waals surface area contributed by atoms with E-state index in [9.17, 15) is 4.39 Å². The largest absolute Gasteiger partial charge is 0.337 e. The molecule has 5 nitrogen and oxygen atoms in total. The topological polar surface area (TPSA) is 56.7 Å². The Kier molecular flexibility index (Phi) is 3.17. The summed E-state index contributed by atoms with van der Waals surface area (Å²) < 4.78 is 20.6. The monoisotopic (exact) mass is 294 g/mol. The maximum absolute atomic E-state index is 13.6. The van der Waals surface area contributed by atoms with Crippen LogP contribution in [0.1, 0.15) is 23.1 Å². The van der Waals surface area contributed by atoms with Gasteiger partial charge in [0.15, 0.2) is 5.82 Å². The third-order valence-electron chi connectivity index (χ3n) is 3.09. The van der Waals surface area contributed by atoms with E-state index in [-0.39, 0.29) is 11.7 Å². The summed E-state index contributed by atoms with van der Waals surface area (Å²) in [5.74, 6) is 1.62. The first-order chi connectivity index (χ1) is 9.58. The zero-order chi connectivity index (χ0) is 14.3. The van der Waals surface area contributed by atoms with Gasteiger partial charge in [0.1, 0.15) is 18.2 Å². The molecule has 0 unspecified atom stereocenters. The SMILES string of the molecule is Cc1noc(Cn2c(CCl)nc3cc(F)c(C)cc32)n1. The number of alkyl halides is 1. The minimum Gasteiger partial charge on any atom is -0.337 e. The zero-order valence-electron chi connectivity index (χ0n) is 11.0. The minimum absolute atomic E-state index is 0.225. The van der Waals surface area contributed by atoms with Gasteiger partial charge in [-0.25, -0.2) is 9.37 Å². The fraction of sp³-hybridized carbons (Fsp3) is 0.308. The van der Waals surface area contributed by atoms with Crippen LogP contribution >= 0.6 is 11.6 Å². The van der Waals surface area contributed by atoms with Gasteiger partial charge in [0, 0.05) is 6.07 Å². The molecule has 0 atom stereocenters. The average Bonchev–Trinajstić information content (AvgIpc) is 2.96. The van der Waals surface area contributed by atoms with Gasteiger partial charge in [-0.3, -0.25) is 0 Å². The van der Waals surface area contributed by atoms with Crippen LogP contribution in [0.2, 0.25) is 0 Å². The van der Waals surface area contributed by atoms with Crippen molar-refractivity contribution in [3.05, 3.63) is 41.1 Å². The highest BCUT2D eigenvalue weighted by atomic mass is 35.5. The number of fused-ring (bicyclic) bond motifs is 1. The van der Waals surface area contributed by atoms with Crippen LogP contribution in [0.3, 0.4) is 0 Å². The highest BCUT2D eigenvalue weighted by molar-refractivity contribution is 6.16. The molecule has 0 aliphatic rings. The predicted octanol–water partition coefficient (Wildman–Crippen LogP) is 2.96. The quantitative estimate of drug-likeness (QED) is 0.697. The van der Waals surface area contributed by atoms with E-state index in [1.54, 1.807) is 19.9 Å². The zero-order valence-corrected chi connectivity index (χ0v) is 11.8. The predicted molar refractivity (Wildman–Crippen MR) is 72.1 cm³/mol. The molecule has 0 bridgehead atoms. The van der Waals surface area contributed by atoms with Gasteiger partial charge < -0.3 is 9.09 Å². The van der Waals surface area contributed by atoms with E-state index in [4.69, 9.17) is 16.1 Å². The number of rotatable bonds is 3. The second kappa shape index (κ2) is 4.86. The molecule has 0 fully saturated rings. The first kappa shape index (κ1) is 13.1. The van der Waals surface area contributed by atoms with Gasteiger partial charge in [0.05, 0.1) is 16.9 Å². The number of aromatic nitrogens is 4. The summed E-state index contributed by atoms with van der Waals surface area (Å²) in [4.78, 5) is 8.50. The van der Waals surface area contributed by atoms with Crippen molar-refractivity contribution in [2.24, 2.45) is 0 Å². The van der Waals surface area contributed by atoms with E-state index in [0.717, 1.165) is 5.52 Å². The van der Waals surface area contributed by atoms with E-state index in [1.807, 2.05) is 4.57 Å². The fourth-order valence-electron chi connectivity index (χ4n) is 2.12. The highest BCUT2D eigenvalue weighted by Gasteiger charge is 2.15.